The normalized spacial score (nSPS) is 19.2. The molecule has 2 atom stereocenters. The van der Waals surface area contributed by atoms with Gasteiger partial charge in [-0.05, 0) is 17.7 Å². The standard InChI is InChI=1S/C20H19FN2O4/c21-17-12-23(20(24)25)9-8-18(17)27-19-10-16(7-6-15(19)11-22)26-13-14-4-2-1-3-5-14/h1-7,10,17-18H,8-9,12-13H2,(H,24,25)/t17-,18-/m1/s1. The van der Waals surface area contributed by atoms with Gasteiger partial charge in [0, 0.05) is 19.0 Å². The number of halogens is 1. The van der Waals surface area contributed by atoms with Crippen LogP contribution < -0.4 is 9.47 Å². The van der Waals surface area contributed by atoms with Gasteiger partial charge in [-0.25, -0.2) is 9.18 Å². The molecule has 0 radical (unpaired) electrons. The summed E-state index contributed by atoms with van der Waals surface area (Å²) in [6.45, 7) is 0.299. The van der Waals surface area contributed by atoms with Crippen LogP contribution in [0.15, 0.2) is 48.5 Å². The summed E-state index contributed by atoms with van der Waals surface area (Å²) in [6.07, 6.45) is -3.20. The number of ether oxygens (including phenoxy) is 2. The molecule has 1 N–H and O–H groups in total. The number of carboxylic acid groups (broad SMARTS) is 1. The molecule has 1 aliphatic heterocycles. The molecule has 0 aromatic heterocycles. The molecule has 1 aliphatic rings. The first-order valence-corrected chi connectivity index (χ1v) is 8.56. The molecule has 140 valence electrons. The van der Waals surface area contributed by atoms with Gasteiger partial charge in [-0.1, -0.05) is 30.3 Å². The zero-order valence-electron chi connectivity index (χ0n) is 14.5. The third-order valence-electron chi connectivity index (χ3n) is 4.35. The molecule has 2 aromatic rings. The van der Waals surface area contributed by atoms with Crippen LogP contribution in [0.5, 0.6) is 11.5 Å². The summed E-state index contributed by atoms with van der Waals surface area (Å²) in [6, 6.07) is 16.4. The Kier molecular flexibility index (Phi) is 5.77. The average molecular weight is 370 g/mol. The Morgan fingerprint density at radius 1 is 1.30 bits per heavy atom. The number of hydrogen-bond donors (Lipinski definition) is 1. The van der Waals surface area contributed by atoms with Crippen molar-refractivity contribution in [1.29, 1.82) is 5.26 Å². The second-order valence-electron chi connectivity index (χ2n) is 6.23. The fraction of sp³-hybridized carbons (Fsp3) is 0.300. The fourth-order valence-electron chi connectivity index (χ4n) is 2.88. The van der Waals surface area contributed by atoms with Gasteiger partial charge in [0.15, 0.2) is 6.17 Å². The number of carbonyl (C=O) groups is 1. The molecule has 3 rings (SSSR count). The van der Waals surface area contributed by atoms with E-state index in [1.807, 2.05) is 36.4 Å². The largest absolute Gasteiger partial charge is 0.489 e. The fourth-order valence-corrected chi connectivity index (χ4v) is 2.88. The van der Waals surface area contributed by atoms with Gasteiger partial charge in [0.1, 0.15) is 30.3 Å². The van der Waals surface area contributed by atoms with Gasteiger partial charge in [-0.3, -0.25) is 0 Å². The number of hydrogen-bond acceptors (Lipinski definition) is 4. The molecule has 1 amide bonds. The Balaban J connectivity index is 1.69. The second kappa shape index (κ2) is 8.41. The monoisotopic (exact) mass is 370 g/mol. The maximum atomic E-state index is 14.3. The maximum absolute atomic E-state index is 14.3. The van der Waals surface area contributed by atoms with Gasteiger partial charge in [-0.2, -0.15) is 5.26 Å². The lowest BCUT2D eigenvalue weighted by atomic mass is 10.1. The molecule has 1 saturated heterocycles. The first-order chi connectivity index (χ1) is 13.1. The SMILES string of the molecule is N#Cc1ccc(OCc2ccccc2)cc1O[C@@H]1CCN(C(=O)O)C[C@H]1F. The predicted molar refractivity (Wildman–Crippen MR) is 95.5 cm³/mol. The van der Waals surface area contributed by atoms with Crippen molar-refractivity contribution in [2.75, 3.05) is 13.1 Å². The molecule has 0 aliphatic carbocycles. The summed E-state index contributed by atoms with van der Waals surface area (Å²) in [5.74, 6) is 0.741. The highest BCUT2D eigenvalue weighted by molar-refractivity contribution is 5.65. The first-order valence-electron chi connectivity index (χ1n) is 8.56. The van der Waals surface area contributed by atoms with E-state index in [1.165, 1.54) is 0 Å². The number of alkyl halides is 1. The van der Waals surface area contributed by atoms with E-state index >= 15 is 0 Å². The molecule has 0 spiro atoms. The lowest BCUT2D eigenvalue weighted by Crippen LogP contribution is -2.48. The number of piperidine rings is 1. The van der Waals surface area contributed by atoms with E-state index in [2.05, 4.69) is 0 Å². The third-order valence-corrected chi connectivity index (χ3v) is 4.35. The summed E-state index contributed by atoms with van der Waals surface area (Å²) >= 11 is 0. The zero-order chi connectivity index (χ0) is 19.2. The van der Waals surface area contributed by atoms with E-state index in [-0.39, 0.29) is 30.8 Å². The molecule has 0 saturated carbocycles. The molecule has 6 nitrogen and oxygen atoms in total. The van der Waals surface area contributed by atoms with E-state index in [0.717, 1.165) is 10.5 Å². The zero-order valence-corrected chi connectivity index (χ0v) is 14.5. The molecule has 1 fully saturated rings. The summed E-state index contributed by atoms with van der Waals surface area (Å²) in [5, 5.41) is 18.2. The third kappa shape index (κ3) is 4.67. The van der Waals surface area contributed by atoms with Gasteiger partial charge in [0.2, 0.25) is 0 Å². The molecular weight excluding hydrogens is 351 g/mol. The van der Waals surface area contributed by atoms with Crippen molar-refractivity contribution < 1.29 is 23.8 Å². The van der Waals surface area contributed by atoms with E-state index in [4.69, 9.17) is 14.6 Å². The Bertz CT molecular complexity index is 838. The van der Waals surface area contributed by atoms with E-state index in [9.17, 15) is 14.4 Å². The summed E-state index contributed by atoms with van der Waals surface area (Å²) in [5.41, 5.74) is 1.27. The number of rotatable bonds is 5. The first kappa shape index (κ1) is 18.5. The Labute approximate surface area is 156 Å². The Morgan fingerprint density at radius 3 is 2.74 bits per heavy atom. The van der Waals surface area contributed by atoms with Crippen molar-refractivity contribution in [3.8, 4) is 17.6 Å². The van der Waals surface area contributed by atoms with Crippen molar-refractivity contribution in [2.45, 2.75) is 25.3 Å². The van der Waals surface area contributed by atoms with Crippen LogP contribution in [-0.4, -0.2) is 41.5 Å². The van der Waals surface area contributed by atoms with Crippen LogP contribution in [0.25, 0.3) is 0 Å². The van der Waals surface area contributed by atoms with Crippen LogP contribution in [0.4, 0.5) is 9.18 Å². The van der Waals surface area contributed by atoms with E-state index in [0.29, 0.717) is 12.4 Å². The highest BCUT2D eigenvalue weighted by atomic mass is 19.1. The topological polar surface area (TPSA) is 82.8 Å². The minimum Gasteiger partial charge on any atom is -0.489 e. The Hall–Kier alpha value is -3.27. The van der Waals surface area contributed by atoms with Crippen molar-refractivity contribution >= 4 is 6.09 Å². The molecular formula is C20H19FN2O4. The highest BCUT2D eigenvalue weighted by Gasteiger charge is 2.33. The molecule has 0 bridgehead atoms. The number of nitriles is 1. The van der Waals surface area contributed by atoms with Crippen molar-refractivity contribution in [3.05, 3.63) is 59.7 Å². The number of likely N-dealkylation sites (tertiary alicyclic amines) is 1. The molecule has 27 heavy (non-hydrogen) atoms. The molecule has 1 heterocycles. The number of nitrogens with zero attached hydrogens (tertiary/aromatic N) is 2. The average Bonchev–Trinajstić information content (AvgIpc) is 2.68. The minimum absolute atomic E-state index is 0.187. The predicted octanol–water partition coefficient (Wildman–Crippen LogP) is 3.61. The van der Waals surface area contributed by atoms with Crippen LogP contribution in [0.2, 0.25) is 0 Å². The van der Waals surface area contributed by atoms with E-state index in [1.54, 1.807) is 18.2 Å². The van der Waals surface area contributed by atoms with Crippen LogP contribution >= 0.6 is 0 Å². The maximum Gasteiger partial charge on any atom is 0.407 e. The van der Waals surface area contributed by atoms with Crippen molar-refractivity contribution in [1.82, 2.24) is 4.90 Å². The lowest BCUT2D eigenvalue weighted by molar-refractivity contribution is 0.0246. The summed E-state index contributed by atoms with van der Waals surface area (Å²) in [4.78, 5) is 12.0. The Morgan fingerprint density at radius 2 is 2.07 bits per heavy atom. The van der Waals surface area contributed by atoms with E-state index < -0.39 is 18.4 Å². The van der Waals surface area contributed by atoms with Gasteiger partial charge < -0.3 is 19.5 Å². The number of benzene rings is 2. The van der Waals surface area contributed by atoms with Crippen LogP contribution in [0.1, 0.15) is 17.5 Å². The summed E-state index contributed by atoms with van der Waals surface area (Å²) < 4.78 is 25.7. The molecule has 0 unspecified atom stereocenters. The molecule has 2 aromatic carbocycles. The number of amides is 1. The van der Waals surface area contributed by atoms with Crippen LogP contribution in [0.3, 0.4) is 0 Å². The van der Waals surface area contributed by atoms with Crippen LogP contribution in [-0.2, 0) is 6.61 Å². The van der Waals surface area contributed by atoms with Gasteiger partial charge in [0.25, 0.3) is 0 Å². The quantitative estimate of drug-likeness (QED) is 0.869. The van der Waals surface area contributed by atoms with Crippen molar-refractivity contribution in [3.63, 3.8) is 0 Å². The van der Waals surface area contributed by atoms with Gasteiger partial charge in [-0.15, -0.1) is 0 Å². The summed E-state index contributed by atoms with van der Waals surface area (Å²) in [7, 11) is 0. The smallest absolute Gasteiger partial charge is 0.407 e. The van der Waals surface area contributed by atoms with Gasteiger partial charge in [0.05, 0.1) is 12.1 Å². The highest BCUT2D eigenvalue weighted by Crippen LogP contribution is 2.29. The van der Waals surface area contributed by atoms with Crippen LogP contribution in [0, 0.1) is 11.3 Å². The molecule has 7 heteroatoms. The van der Waals surface area contributed by atoms with Crippen molar-refractivity contribution in [2.24, 2.45) is 0 Å². The minimum atomic E-state index is -1.46. The second-order valence-corrected chi connectivity index (χ2v) is 6.23. The van der Waals surface area contributed by atoms with Gasteiger partial charge >= 0.3 is 6.09 Å². The lowest BCUT2D eigenvalue weighted by Gasteiger charge is -2.33.